The summed E-state index contributed by atoms with van der Waals surface area (Å²) in [4.78, 5) is 9.26. The Hall–Kier alpha value is -3.87. The molecule has 29 heavy (non-hydrogen) atoms. The predicted molar refractivity (Wildman–Crippen MR) is 109 cm³/mol. The normalized spacial score (nSPS) is 11.2. The van der Waals surface area contributed by atoms with Gasteiger partial charge < -0.3 is 5.32 Å². The van der Waals surface area contributed by atoms with Crippen molar-refractivity contribution in [2.45, 2.75) is 6.67 Å². The molecule has 0 aliphatic rings. The van der Waals surface area contributed by atoms with Crippen molar-refractivity contribution in [3.63, 3.8) is 0 Å². The minimum atomic E-state index is -0.613. The molecule has 0 unspecified atom stereocenters. The predicted octanol–water partition coefficient (Wildman–Crippen LogP) is 5.53. The second-order valence-electron chi connectivity index (χ2n) is 6.59. The lowest BCUT2D eigenvalue weighted by Gasteiger charge is -2.11. The lowest BCUT2D eigenvalue weighted by molar-refractivity contribution is 0.486. The summed E-state index contributed by atoms with van der Waals surface area (Å²) < 4.78 is 27.2. The van der Waals surface area contributed by atoms with Crippen molar-refractivity contribution in [3.8, 4) is 11.4 Å². The molecule has 0 aliphatic carbocycles. The van der Waals surface area contributed by atoms with Gasteiger partial charge in [0.2, 0.25) is 0 Å². The summed E-state index contributed by atoms with van der Waals surface area (Å²) in [6.07, 6.45) is 0. The minimum Gasteiger partial charge on any atom is -0.322 e. The highest BCUT2D eigenvalue weighted by Crippen LogP contribution is 2.31. The summed E-state index contributed by atoms with van der Waals surface area (Å²) in [6.45, 7) is -0.613. The number of para-hydroxylation sites is 1. The first-order valence-corrected chi connectivity index (χ1v) is 9.04. The lowest BCUT2D eigenvalue weighted by atomic mass is 10.1. The largest absolute Gasteiger partial charge is 0.322 e. The first kappa shape index (κ1) is 17.2. The average Bonchev–Trinajstić information content (AvgIpc) is 3.15. The molecule has 0 saturated heterocycles. The number of hydrogen-bond donors (Lipinski definition) is 2. The summed E-state index contributed by atoms with van der Waals surface area (Å²) in [5.74, 6) is 1.02. The van der Waals surface area contributed by atoms with Crippen molar-refractivity contribution in [1.29, 1.82) is 0 Å². The number of hydrogen-bond acceptors (Lipinski definition) is 4. The van der Waals surface area contributed by atoms with Crippen molar-refractivity contribution >= 4 is 33.4 Å². The van der Waals surface area contributed by atoms with Gasteiger partial charge in [0.25, 0.3) is 0 Å². The van der Waals surface area contributed by atoms with Gasteiger partial charge in [0, 0.05) is 16.3 Å². The van der Waals surface area contributed by atoms with E-state index in [0.29, 0.717) is 45.0 Å². The van der Waals surface area contributed by atoms with Crippen LogP contribution < -0.4 is 5.32 Å². The van der Waals surface area contributed by atoms with Crippen LogP contribution in [0.15, 0.2) is 66.7 Å². The fourth-order valence-electron chi connectivity index (χ4n) is 3.34. The molecule has 2 N–H and O–H groups in total. The highest BCUT2D eigenvalue weighted by atomic mass is 19.1. The van der Waals surface area contributed by atoms with Crippen LogP contribution in [-0.4, -0.2) is 20.2 Å². The van der Waals surface area contributed by atoms with Crippen molar-refractivity contribution in [2.24, 2.45) is 0 Å². The number of fused-ring (bicyclic) bond motifs is 2. The highest BCUT2D eigenvalue weighted by Gasteiger charge is 2.14. The van der Waals surface area contributed by atoms with Crippen LogP contribution in [0.25, 0.3) is 33.2 Å². The second-order valence-corrected chi connectivity index (χ2v) is 6.59. The second kappa shape index (κ2) is 6.94. The SMILES string of the molecule is FCc1ccccc1-c1nc(Nc2n[nH]c3ccc(F)cc23)c2ccccc2n1. The first-order valence-electron chi connectivity index (χ1n) is 9.04. The van der Waals surface area contributed by atoms with Crippen molar-refractivity contribution in [1.82, 2.24) is 20.2 Å². The molecule has 0 fully saturated rings. The van der Waals surface area contributed by atoms with Crippen LogP contribution in [0.5, 0.6) is 0 Å². The quantitative estimate of drug-likeness (QED) is 0.426. The smallest absolute Gasteiger partial charge is 0.162 e. The molecule has 0 aliphatic heterocycles. The summed E-state index contributed by atoms with van der Waals surface area (Å²) in [6, 6.07) is 19.0. The zero-order valence-electron chi connectivity index (χ0n) is 15.2. The number of anilines is 2. The van der Waals surface area contributed by atoms with Crippen LogP contribution in [0.1, 0.15) is 5.56 Å². The molecule has 0 amide bonds. The van der Waals surface area contributed by atoms with Crippen molar-refractivity contribution < 1.29 is 8.78 Å². The van der Waals surface area contributed by atoms with Crippen LogP contribution in [0, 0.1) is 5.82 Å². The van der Waals surface area contributed by atoms with Crippen LogP contribution in [0.2, 0.25) is 0 Å². The summed E-state index contributed by atoms with van der Waals surface area (Å²) >= 11 is 0. The molecular formula is C22H15F2N5. The van der Waals surface area contributed by atoms with E-state index in [1.165, 1.54) is 12.1 Å². The zero-order chi connectivity index (χ0) is 19.8. The third-order valence-corrected chi connectivity index (χ3v) is 4.77. The van der Waals surface area contributed by atoms with Gasteiger partial charge >= 0.3 is 0 Å². The van der Waals surface area contributed by atoms with E-state index in [2.05, 4.69) is 25.5 Å². The molecule has 5 aromatic rings. The van der Waals surface area contributed by atoms with E-state index in [-0.39, 0.29) is 5.82 Å². The molecular weight excluding hydrogens is 372 g/mol. The van der Waals surface area contributed by atoms with Crippen molar-refractivity contribution in [3.05, 3.63) is 78.1 Å². The maximum absolute atomic E-state index is 13.7. The van der Waals surface area contributed by atoms with E-state index in [0.717, 1.165) is 5.39 Å². The van der Waals surface area contributed by atoms with Gasteiger partial charge in [-0.3, -0.25) is 5.10 Å². The molecule has 2 aromatic heterocycles. The van der Waals surface area contributed by atoms with Gasteiger partial charge in [0.15, 0.2) is 11.6 Å². The van der Waals surface area contributed by atoms with E-state index in [1.54, 1.807) is 24.3 Å². The Balaban J connectivity index is 1.69. The van der Waals surface area contributed by atoms with E-state index in [4.69, 9.17) is 0 Å². The number of alkyl halides is 1. The molecule has 0 saturated carbocycles. The van der Waals surface area contributed by atoms with Gasteiger partial charge in [-0.2, -0.15) is 5.10 Å². The monoisotopic (exact) mass is 387 g/mol. The molecule has 0 atom stereocenters. The molecule has 0 radical (unpaired) electrons. The number of aromatic nitrogens is 4. The van der Waals surface area contributed by atoms with E-state index < -0.39 is 6.67 Å². The van der Waals surface area contributed by atoms with Gasteiger partial charge in [-0.25, -0.2) is 18.7 Å². The standard InChI is InChI=1S/C22H15F2N5/c23-12-13-5-1-2-6-15(13)20-25-18-8-4-3-7-16(18)21(26-20)27-22-17-11-14(24)9-10-19(17)28-29-22/h1-11H,12H2,(H2,25,26,27,28,29). The topological polar surface area (TPSA) is 66.5 Å². The van der Waals surface area contributed by atoms with E-state index in [9.17, 15) is 8.78 Å². The molecule has 2 heterocycles. The van der Waals surface area contributed by atoms with E-state index in [1.807, 2.05) is 30.3 Å². The zero-order valence-corrected chi connectivity index (χ0v) is 15.2. The molecule has 142 valence electrons. The van der Waals surface area contributed by atoms with Gasteiger partial charge in [0.05, 0.1) is 11.0 Å². The van der Waals surface area contributed by atoms with Crippen LogP contribution in [0.4, 0.5) is 20.4 Å². The first-order chi connectivity index (χ1) is 14.2. The van der Waals surface area contributed by atoms with Gasteiger partial charge in [-0.1, -0.05) is 36.4 Å². The maximum atomic E-state index is 13.7. The lowest BCUT2D eigenvalue weighted by Crippen LogP contribution is -2.01. The van der Waals surface area contributed by atoms with Crippen molar-refractivity contribution in [2.75, 3.05) is 5.32 Å². The Morgan fingerprint density at radius 2 is 1.69 bits per heavy atom. The Labute approximate surface area is 164 Å². The molecule has 0 spiro atoms. The average molecular weight is 387 g/mol. The van der Waals surface area contributed by atoms with Gasteiger partial charge in [-0.15, -0.1) is 0 Å². The van der Waals surface area contributed by atoms with Crippen LogP contribution in [0.3, 0.4) is 0 Å². The minimum absolute atomic E-state index is 0.355. The Morgan fingerprint density at radius 1 is 0.862 bits per heavy atom. The van der Waals surface area contributed by atoms with Gasteiger partial charge in [-0.05, 0) is 35.9 Å². The third kappa shape index (κ3) is 3.06. The molecule has 7 heteroatoms. The molecule has 0 bridgehead atoms. The highest BCUT2D eigenvalue weighted by molar-refractivity contribution is 5.96. The molecule has 5 nitrogen and oxygen atoms in total. The summed E-state index contributed by atoms with van der Waals surface area (Å²) in [5.41, 5.74) is 2.55. The maximum Gasteiger partial charge on any atom is 0.162 e. The van der Waals surface area contributed by atoms with Crippen LogP contribution in [-0.2, 0) is 6.67 Å². The van der Waals surface area contributed by atoms with Gasteiger partial charge in [0.1, 0.15) is 18.3 Å². The van der Waals surface area contributed by atoms with E-state index >= 15 is 0 Å². The number of nitrogens with one attached hydrogen (secondary N) is 2. The Bertz CT molecular complexity index is 1350. The number of aromatic amines is 1. The number of nitrogens with zero attached hydrogens (tertiary/aromatic N) is 3. The summed E-state index contributed by atoms with van der Waals surface area (Å²) in [5, 5.41) is 11.7. The Kier molecular flexibility index (Phi) is 4.13. The number of rotatable bonds is 4. The summed E-state index contributed by atoms with van der Waals surface area (Å²) in [7, 11) is 0. The molecule has 3 aromatic carbocycles. The third-order valence-electron chi connectivity index (χ3n) is 4.77. The Morgan fingerprint density at radius 3 is 2.59 bits per heavy atom. The van der Waals surface area contributed by atoms with Crippen LogP contribution >= 0.6 is 0 Å². The fourth-order valence-corrected chi connectivity index (χ4v) is 3.34. The molecule has 5 rings (SSSR count). The fraction of sp³-hybridized carbons (Fsp3) is 0.0455. The number of halogens is 2. The number of benzene rings is 3. The number of H-pyrrole nitrogens is 1.